The van der Waals surface area contributed by atoms with E-state index in [1.807, 2.05) is 0 Å². The second kappa shape index (κ2) is 17.1. The molecule has 2 fully saturated rings. The van der Waals surface area contributed by atoms with Crippen LogP contribution in [0.2, 0.25) is 0 Å². The first kappa shape index (κ1) is 39.3. The molecule has 0 saturated carbocycles. The molecule has 9 atom stereocenters. The summed E-state index contributed by atoms with van der Waals surface area (Å²) in [6.07, 6.45) is -9.78. The minimum Gasteiger partial charge on any atom is -0.504 e. The molecule has 280 valence electrons. The summed E-state index contributed by atoms with van der Waals surface area (Å²) in [7, 11) is 3.97. The third-order valence-electron chi connectivity index (χ3n) is 8.02. The van der Waals surface area contributed by atoms with Gasteiger partial charge >= 0.3 is 11.9 Å². The standard InChI is InChI=1S/C33H40O18/c1-44-19-10-16(4-7-18(19)36)5-8-24(37)47-14-23-27(40)29(42)30(43)32(48-23)51-33(15-35)31(28(41)22(13-34)50-33)49-25(38)9-6-17-11-20(45-2)26(39)21(12-17)46-3/h4-12,22-23,27-32,34-36,39-43H,13-15H2,1-3H3/t22-,23+,27-,28+,29+,30-,31+,32+,33+/m1/s1. The highest BCUT2D eigenvalue weighted by atomic mass is 16.8. The number of hydrogen-bond acceptors (Lipinski definition) is 18. The summed E-state index contributed by atoms with van der Waals surface area (Å²) < 4.78 is 42.6. The van der Waals surface area contributed by atoms with Gasteiger partial charge in [0.05, 0.1) is 27.9 Å². The molecular formula is C33H40O18. The number of methoxy groups -OCH3 is 3. The molecule has 18 nitrogen and oxygen atoms in total. The van der Waals surface area contributed by atoms with Crippen molar-refractivity contribution in [2.24, 2.45) is 0 Å². The van der Waals surface area contributed by atoms with Crippen LogP contribution in [0, 0.1) is 0 Å². The largest absolute Gasteiger partial charge is 0.504 e. The molecule has 2 saturated heterocycles. The van der Waals surface area contributed by atoms with Crippen LogP contribution in [0.3, 0.4) is 0 Å². The van der Waals surface area contributed by atoms with Gasteiger partial charge in [-0.2, -0.15) is 0 Å². The van der Waals surface area contributed by atoms with Gasteiger partial charge in [0.2, 0.25) is 11.5 Å². The number of ether oxygens (including phenoxy) is 8. The van der Waals surface area contributed by atoms with Gasteiger partial charge in [0.25, 0.3) is 0 Å². The predicted octanol–water partition coefficient (Wildman–Crippen LogP) is -1.43. The van der Waals surface area contributed by atoms with Crippen molar-refractivity contribution in [1.29, 1.82) is 0 Å². The zero-order chi connectivity index (χ0) is 37.5. The summed E-state index contributed by atoms with van der Waals surface area (Å²) >= 11 is 0. The molecule has 18 heteroatoms. The van der Waals surface area contributed by atoms with Gasteiger partial charge in [-0.05, 0) is 47.5 Å². The average Bonchev–Trinajstić information content (AvgIpc) is 3.39. The molecule has 4 rings (SSSR count). The number of phenols is 2. The molecule has 0 bridgehead atoms. The summed E-state index contributed by atoms with van der Waals surface area (Å²) in [5.74, 6) is -4.64. The Balaban J connectivity index is 1.48. The number of carbonyl (C=O) groups excluding carboxylic acids is 2. The van der Waals surface area contributed by atoms with Gasteiger partial charge in [-0.3, -0.25) is 0 Å². The second-order valence-electron chi connectivity index (χ2n) is 11.3. The second-order valence-corrected chi connectivity index (χ2v) is 11.3. The maximum absolute atomic E-state index is 12.9. The van der Waals surface area contributed by atoms with Crippen LogP contribution >= 0.6 is 0 Å². The van der Waals surface area contributed by atoms with E-state index in [-0.39, 0.29) is 28.7 Å². The highest BCUT2D eigenvalue weighted by Gasteiger charge is 2.60. The summed E-state index contributed by atoms with van der Waals surface area (Å²) in [6, 6.07) is 7.08. The fourth-order valence-corrected chi connectivity index (χ4v) is 5.27. The molecule has 2 aliphatic heterocycles. The van der Waals surface area contributed by atoms with Crippen molar-refractivity contribution >= 4 is 24.1 Å². The van der Waals surface area contributed by atoms with Crippen molar-refractivity contribution in [3.8, 4) is 28.7 Å². The minimum absolute atomic E-state index is 0.0403. The summed E-state index contributed by atoms with van der Waals surface area (Å²) in [4.78, 5) is 25.3. The van der Waals surface area contributed by atoms with Crippen molar-refractivity contribution < 1.29 is 88.3 Å². The van der Waals surface area contributed by atoms with Gasteiger partial charge < -0.3 is 78.7 Å². The monoisotopic (exact) mass is 724 g/mol. The first-order valence-corrected chi connectivity index (χ1v) is 15.3. The zero-order valence-corrected chi connectivity index (χ0v) is 27.6. The van der Waals surface area contributed by atoms with E-state index in [1.54, 1.807) is 0 Å². The number of hydrogen-bond donors (Lipinski definition) is 8. The van der Waals surface area contributed by atoms with E-state index < -0.39 is 86.6 Å². The lowest BCUT2D eigenvalue weighted by atomic mass is 9.99. The quantitative estimate of drug-likeness (QED) is 0.0819. The van der Waals surface area contributed by atoms with Crippen molar-refractivity contribution in [2.45, 2.75) is 54.8 Å². The van der Waals surface area contributed by atoms with E-state index >= 15 is 0 Å². The van der Waals surface area contributed by atoms with Gasteiger partial charge in [0, 0.05) is 12.2 Å². The van der Waals surface area contributed by atoms with E-state index in [0.29, 0.717) is 11.1 Å². The van der Waals surface area contributed by atoms with Crippen LogP contribution in [0.25, 0.3) is 12.2 Å². The highest BCUT2D eigenvalue weighted by molar-refractivity contribution is 5.88. The Morgan fingerprint density at radius 1 is 0.784 bits per heavy atom. The molecule has 0 aromatic heterocycles. The van der Waals surface area contributed by atoms with Gasteiger partial charge in [-0.15, -0.1) is 0 Å². The van der Waals surface area contributed by atoms with E-state index in [4.69, 9.17) is 37.9 Å². The van der Waals surface area contributed by atoms with Gasteiger partial charge in [0.1, 0.15) is 49.8 Å². The lowest BCUT2D eigenvalue weighted by molar-refractivity contribution is -0.383. The maximum atomic E-state index is 12.9. The van der Waals surface area contributed by atoms with Crippen LogP contribution in [0.15, 0.2) is 42.5 Å². The van der Waals surface area contributed by atoms with Crippen molar-refractivity contribution in [3.63, 3.8) is 0 Å². The van der Waals surface area contributed by atoms with Crippen LogP contribution in [0.1, 0.15) is 11.1 Å². The Morgan fingerprint density at radius 3 is 2.00 bits per heavy atom. The molecule has 51 heavy (non-hydrogen) atoms. The number of esters is 2. The third-order valence-corrected chi connectivity index (χ3v) is 8.02. The van der Waals surface area contributed by atoms with Crippen LogP contribution in [-0.2, 0) is 33.3 Å². The van der Waals surface area contributed by atoms with Crippen LogP contribution in [-0.4, -0.2) is 149 Å². The summed E-state index contributed by atoms with van der Waals surface area (Å²) in [5.41, 5.74) is 0.803. The number of rotatable bonds is 14. The van der Waals surface area contributed by atoms with E-state index in [0.717, 1.165) is 12.2 Å². The fourth-order valence-electron chi connectivity index (χ4n) is 5.27. The Kier molecular flexibility index (Phi) is 13.2. The number of phenolic OH excluding ortho intramolecular Hbond substituents is 2. The summed E-state index contributed by atoms with van der Waals surface area (Å²) in [6.45, 7) is -2.65. The zero-order valence-electron chi connectivity index (χ0n) is 27.6. The summed E-state index contributed by atoms with van der Waals surface area (Å²) in [5, 5.41) is 82.7. The molecule has 0 radical (unpaired) electrons. The van der Waals surface area contributed by atoms with E-state index in [2.05, 4.69) is 0 Å². The molecular weight excluding hydrogens is 684 g/mol. The molecule has 2 aromatic carbocycles. The SMILES string of the molecule is COc1cc(C=CC(=O)OC[C@@H]2O[C@@H](O[C@]3(CO)O[C@H](CO)[C@H](O)[C@@H]3OC(=O)C=Cc3cc(OC)c(O)c(OC)c3)[C@H](O)[C@@H](O)[C@@H]2O)ccc1O. The number of aromatic hydroxyl groups is 2. The number of carbonyl (C=O) groups is 2. The molecule has 0 unspecified atom stereocenters. The van der Waals surface area contributed by atoms with E-state index in [1.165, 1.54) is 63.8 Å². The number of aliphatic hydroxyl groups is 6. The highest BCUT2D eigenvalue weighted by Crippen LogP contribution is 2.39. The molecule has 0 amide bonds. The minimum atomic E-state index is -2.50. The van der Waals surface area contributed by atoms with Crippen molar-refractivity contribution in [2.75, 3.05) is 41.2 Å². The Morgan fingerprint density at radius 2 is 1.39 bits per heavy atom. The lowest BCUT2D eigenvalue weighted by Crippen LogP contribution is -2.63. The van der Waals surface area contributed by atoms with Gasteiger partial charge in [0.15, 0.2) is 35.4 Å². The van der Waals surface area contributed by atoms with Crippen molar-refractivity contribution in [3.05, 3.63) is 53.6 Å². The Bertz CT molecular complexity index is 1550. The lowest BCUT2D eigenvalue weighted by Gasteiger charge is -2.43. The molecule has 8 N–H and O–H groups in total. The molecule has 0 spiro atoms. The topological polar surface area (TPSA) is 270 Å². The van der Waals surface area contributed by atoms with Crippen LogP contribution in [0.5, 0.6) is 28.7 Å². The number of aliphatic hydroxyl groups excluding tert-OH is 6. The normalized spacial score (nSPS) is 29.3. The van der Waals surface area contributed by atoms with Gasteiger partial charge in [-0.1, -0.05) is 6.07 Å². The Labute approximate surface area is 290 Å². The average molecular weight is 725 g/mol. The van der Waals surface area contributed by atoms with Crippen molar-refractivity contribution in [1.82, 2.24) is 0 Å². The van der Waals surface area contributed by atoms with Crippen LogP contribution < -0.4 is 14.2 Å². The van der Waals surface area contributed by atoms with Crippen LogP contribution in [0.4, 0.5) is 0 Å². The third kappa shape index (κ3) is 8.87. The maximum Gasteiger partial charge on any atom is 0.331 e. The molecule has 2 heterocycles. The predicted molar refractivity (Wildman–Crippen MR) is 170 cm³/mol. The Hall–Kier alpha value is -4.50. The molecule has 0 aliphatic carbocycles. The smallest absolute Gasteiger partial charge is 0.331 e. The van der Waals surface area contributed by atoms with Gasteiger partial charge in [-0.25, -0.2) is 9.59 Å². The first-order chi connectivity index (χ1) is 24.3. The van der Waals surface area contributed by atoms with E-state index in [9.17, 15) is 50.4 Å². The molecule has 2 aromatic rings. The molecule has 2 aliphatic rings. The first-order valence-electron chi connectivity index (χ1n) is 15.3. The number of benzene rings is 2. The fraction of sp³-hybridized carbons (Fsp3) is 0.455.